The van der Waals surface area contributed by atoms with Gasteiger partial charge in [-0.15, -0.1) is 0 Å². The predicted molar refractivity (Wildman–Crippen MR) is 246 cm³/mol. The van der Waals surface area contributed by atoms with E-state index in [0.29, 0.717) is 0 Å². The highest BCUT2D eigenvalue weighted by molar-refractivity contribution is 6.11. The standard InChI is InChI=1S/C52H38N8/c1-57(39-23-25-43-41-17-3-5-19-47(41)59(49(43)31-39)51-21-7-9-27-53-51)37-15-11-13-35(29-37)45-33-56-46(34-55-45)36-14-12-16-38(30-36)58(2)40-24-26-44-42-18-4-6-20-48(42)60(50(44)32-40)52-22-8-10-28-54-52/h3-34H,1-2H3. The molecule has 8 heteroatoms. The number of nitrogens with zero attached hydrogens (tertiary/aromatic N) is 8. The average molecular weight is 775 g/mol. The minimum absolute atomic E-state index is 0.810. The van der Waals surface area contributed by atoms with Gasteiger partial charge in [0.1, 0.15) is 11.6 Å². The number of hydrogen-bond acceptors (Lipinski definition) is 6. The maximum atomic E-state index is 4.92. The summed E-state index contributed by atoms with van der Waals surface area (Å²) in [5.74, 6) is 1.79. The Balaban J connectivity index is 0.873. The lowest BCUT2D eigenvalue weighted by atomic mass is 10.1. The van der Waals surface area contributed by atoms with Gasteiger partial charge < -0.3 is 9.80 Å². The molecule has 0 amide bonds. The van der Waals surface area contributed by atoms with Crippen molar-refractivity contribution in [2.45, 2.75) is 0 Å². The second-order valence-electron chi connectivity index (χ2n) is 15.0. The van der Waals surface area contributed by atoms with Crippen LogP contribution in [0.25, 0.3) is 77.8 Å². The van der Waals surface area contributed by atoms with Crippen molar-refractivity contribution in [2.24, 2.45) is 0 Å². The second-order valence-corrected chi connectivity index (χ2v) is 15.0. The zero-order valence-electron chi connectivity index (χ0n) is 33.1. The Kier molecular flexibility index (Phi) is 8.41. The quantitative estimate of drug-likeness (QED) is 0.153. The number of anilines is 4. The lowest BCUT2D eigenvalue weighted by molar-refractivity contribution is 1.08. The highest BCUT2D eigenvalue weighted by Gasteiger charge is 2.17. The van der Waals surface area contributed by atoms with E-state index in [1.807, 2.05) is 49.1 Å². The number of benzene rings is 6. The van der Waals surface area contributed by atoms with E-state index in [-0.39, 0.29) is 0 Å². The normalized spacial score (nSPS) is 11.5. The van der Waals surface area contributed by atoms with Crippen molar-refractivity contribution in [1.82, 2.24) is 29.1 Å². The van der Waals surface area contributed by atoms with Crippen molar-refractivity contribution in [3.05, 3.63) is 195 Å². The number of rotatable bonds is 8. The Morgan fingerprint density at radius 1 is 0.350 bits per heavy atom. The molecule has 0 atom stereocenters. The van der Waals surface area contributed by atoms with Gasteiger partial charge in [0.2, 0.25) is 0 Å². The summed E-state index contributed by atoms with van der Waals surface area (Å²) in [6.45, 7) is 0. The molecule has 0 aliphatic heterocycles. The monoisotopic (exact) mass is 774 g/mol. The minimum atomic E-state index is 0.810. The van der Waals surface area contributed by atoms with Crippen LogP contribution in [0.1, 0.15) is 0 Å². The van der Waals surface area contributed by atoms with E-state index >= 15 is 0 Å². The molecule has 60 heavy (non-hydrogen) atoms. The number of para-hydroxylation sites is 2. The highest BCUT2D eigenvalue weighted by atomic mass is 15.1. The molecule has 0 bridgehead atoms. The topological polar surface area (TPSA) is 67.9 Å². The van der Waals surface area contributed by atoms with Gasteiger partial charge in [-0.3, -0.25) is 19.1 Å². The molecule has 0 saturated carbocycles. The van der Waals surface area contributed by atoms with Gasteiger partial charge in [0.15, 0.2) is 0 Å². The van der Waals surface area contributed by atoms with Crippen LogP contribution in [0.3, 0.4) is 0 Å². The van der Waals surface area contributed by atoms with E-state index in [1.54, 1.807) is 0 Å². The number of fused-ring (bicyclic) bond motifs is 6. The van der Waals surface area contributed by atoms with Gasteiger partial charge in [-0.25, -0.2) is 9.97 Å². The first-order chi connectivity index (χ1) is 29.6. The Bertz CT molecular complexity index is 3130. The van der Waals surface area contributed by atoms with Crippen LogP contribution in [0.15, 0.2) is 195 Å². The van der Waals surface area contributed by atoms with Crippen molar-refractivity contribution in [2.75, 3.05) is 23.9 Å². The summed E-state index contributed by atoms with van der Waals surface area (Å²) in [4.78, 5) is 23.7. The summed E-state index contributed by atoms with van der Waals surface area (Å²) in [7, 11) is 4.20. The molecule has 0 N–H and O–H groups in total. The van der Waals surface area contributed by atoms with Gasteiger partial charge >= 0.3 is 0 Å². The summed E-state index contributed by atoms with van der Waals surface area (Å²) in [5, 5.41) is 4.79. The molecule has 0 aliphatic carbocycles. The van der Waals surface area contributed by atoms with Crippen molar-refractivity contribution in [3.8, 4) is 34.2 Å². The first-order valence-corrected chi connectivity index (χ1v) is 20.0. The van der Waals surface area contributed by atoms with Crippen LogP contribution in [0.5, 0.6) is 0 Å². The minimum Gasteiger partial charge on any atom is -0.345 e. The van der Waals surface area contributed by atoms with Crippen molar-refractivity contribution >= 4 is 66.4 Å². The van der Waals surface area contributed by atoms with Crippen LogP contribution >= 0.6 is 0 Å². The summed E-state index contributed by atoms with van der Waals surface area (Å²) in [5.41, 5.74) is 12.3. The summed E-state index contributed by atoms with van der Waals surface area (Å²) in [6, 6.07) is 59.3. The van der Waals surface area contributed by atoms with E-state index in [0.717, 1.165) is 79.0 Å². The van der Waals surface area contributed by atoms with E-state index < -0.39 is 0 Å². The molecule has 286 valence electrons. The SMILES string of the molecule is CN(c1cccc(-c2cnc(-c3cccc(N(C)c4ccc5c6ccccc6n(-c6ccccn6)c5c4)c3)cn2)c1)c1ccc2c3ccccc3n(-c3ccccn3)c2c1. The molecule has 0 spiro atoms. The van der Waals surface area contributed by atoms with Crippen LogP contribution < -0.4 is 9.80 Å². The zero-order valence-corrected chi connectivity index (χ0v) is 33.1. The van der Waals surface area contributed by atoms with Crippen LogP contribution in [-0.4, -0.2) is 43.2 Å². The fraction of sp³-hybridized carbons (Fsp3) is 0.0385. The Hall–Kier alpha value is -8.10. The molecule has 0 aliphatic rings. The first-order valence-electron chi connectivity index (χ1n) is 20.0. The fourth-order valence-corrected chi connectivity index (χ4v) is 8.47. The Morgan fingerprint density at radius 3 is 1.20 bits per heavy atom. The van der Waals surface area contributed by atoms with Crippen LogP contribution in [-0.2, 0) is 0 Å². The highest BCUT2D eigenvalue weighted by Crippen LogP contribution is 2.38. The molecule has 11 aromatic rings. The van der Waals surface area contributed by atoms with Crippen LogP contribution in [0.2, 0.25) is 0 Å². The maximum absolute atomic E-state index is 4.92. The van der Waals surface area contributed by atoms with Gasteiger partial charge in [-0.2, -0.15) is 0 Å². The molecular weight excluding hydrogens is 737 g/mol. The molecule has 0 fully saturated rings. The molecular formula is C52H38N8. The number of pyridine rings is 2. The second kappa shape index (κ2) is 14.4. The van der Waals surface area contributed by atoms with Crippen molar-refractivity contribution in [3.63, 3.8) is 0 Å². The number of hydrogen-bond donors (Lipinski definition) is 0. The third-order valence-corrected chi connectivity index (χ3v) is 11.6. The van der Waals surface area contributed by atoms with Gasteiger partial charge in [0, 0.05) is 81.9 Å². The smallest absolute Gasteiger partial charge is 0.137 e. The Morgan fingerprint density at radius 2 is 0.767 bits per heavy atom. The Labute approximate surface area is 346 Å². The van der Waals surface area contributed by atoms with Gasteiger partial charge in [0.25, 0.3) is 0 Å². The van der Waals surface area contributed by atoms with E-state index in [1.165, 1.54) is 21.5 Å². The molecule has 11 rings (SSSR count). The molecule has 0 unspecified atom stereocenters. The molecule has 0 saturated heterocycles. The third-order valence-electron chi connectivity index (χ3n) is 11.6. The van der Waals surface area contributed by atoms with Crippen molar-refractivity contribution in [1.29, 1.82) is 0 Å². The lowest BCUT2D eigenvalue weighted by Gasteiger charge is -2.21. The zero-order chi connectivity index (χ0) is 40.2. The number of aromatic nitrogens is 6. The first kappa shape index (κ1) is 35.1. The van der Waals surface area contributed by atoms with E-state index in [9.17, 15) is 0 Å². The van der Waals surface area contributed by atoms with Gasteiger partial charge in [-0.1, -0.05) is 84.9 Å². The largest absolute Gasteiger partial charge is 0.345 e. The molecule has 5 heterocycles. The van der Waals surface area contributed by atoms with Crippen LogP contribution in [0.4, 0.5) is 22.7 Å². The lowest BCUT2D eigenvalue weighted by Crippen LogP contribution is -2.09. The fourth-order valence-electron chi connectivity index (χ4n) is 8.47. The van der Waals surface area contributed by atoms with Gasteiger partial charge in [0.05, 0.1) is 45.8 Å². The third kappa shape index (κ3) is 5.93. The van der Waals surface area contributed by atoms with Crippen LogP contribution in [0, 0.1) is 0 Å². The van der Waals surface area contributed by atoms with E-state index in [4.69, 9.17) is 19.9 Å². The van der Waals surface area contributed by atoms with Crippen molar-refractivity contribution < 1.29 is 0 Å². The predicted octanol–water partition coefficient (Wildman–Crippen LogP) is 12.3. The molecule has 5 aromatic heterocycles. The average Bonchev–Trinajstić information content (AvgIpc) is 3.84. The molecule has 8 nitrogen and oxygen atoms in total. The molecule has 6 aromatic carbocycles. The maximum Gasteiger partial charge on any atom is 0.137 e. The molecule has 0 radical (unpaired) electrons. The van der Waals surface area contributed by atoms with Gasteiger partial charge in [-0.05, 0) is 84.9 Å². The van der Waals surface area contributed by atoms with E-state index in [2.05, 4.69) is 179 Å². The summed E-state index contributed by atoms with van der Waals surface area (Å²) in [6.07, 6.45) is 7.42. The summed E-state index contributed by atoms with van der Waals surface area (Å²) >= 11 is 0. The summed E-state index contributed by atoms with van der Waals surface area (Å²) < 4.78 is 4.49.